The maximum Gasteiger partial charge on any atom is 0.0454 e. The lowest BCUT2D eigenvalue weighted by Crippen LogP contribution is -2.14. The Morgan fingerprint density at radius 2 is 1.65 bits per heavy atom. The molecule has 0 bridgehead atoms. The Bertz CT molecular complexity index is 576. The van der Waals surface area contributed by atoms with Crippen LogP contribution in [0, 0.1) is 0 Å². The molecule has 1 atom stereocenters. The number of rotatable bonds is 4. The third-order valence-corrected chi connectivity index (χ3v) is 4.04. The van der Waals surface area contributed by atoms with Gasteiger partial charge < -0.3 is 5.73 Å². The van der Waals surface area contributed by atoms with Crippen LogP contribution in [0.25, 0.3) is 0 Å². The highest BCUT2D eigenvalue weighted by atomic mass is 35.5. The highest BCUT2D eigenvalue weighted by Gasteiger charge is 2.12. The summed E-state index contributed by atoms with van der Waals surface area (Å²) < 4.78 is 0. The van der Waals surface area contributed by atoms with Gasteiger partial charge in [0.05, 0.1) is 0 Å². The number of halogens is 2. The fourth-order valence-electron chi connectivity index (χ4n) is 2.20. The Morgan fingerprint density at radius 1 is 1.00 bits per heavy atom. The van der Waals surface area contributed by atoms with Crippen molar-refractivity contribution in [1.29, 1.82) is 0 Å². The highest BCUT2D eigenvalue weighted by Crippen LogP contribution is 2.27. The Balaban J connectivity index is 2.14. The van der Waals surface area contributed by atoms with Gasteiger partial charge in [0, 0.05) is 16.1 Å². The van der Waals surface area contributed by atoms with Crippen molar-refractivity contribution in [3.05, 3.63) is 69.2 Å². The molecule has 0 heterocycles. The van der Waals surface area contributed by atoms with E-state index in [1.54, 1.807) is 12.1 Å². The first-order valence-corrected chi connectivity index (χ1v) is 7.52. The molecule has 0 aliphatic rings. The summed E-state index contributed by atoms with van der Waals surface area (Å²) in [7, 11) is 0. The first-order valence-electron chi connectivity index (χ1n) is 6.76. The van der Waals surface area contributed by atoms with E-state index in [1.165, 1.54) is 11.1 Å². The zero-order chi connectivity index (χ0) is 14.7. The average Bonchev–Trinajstić information content (AvgIpc) is 2.42. The lowest BCUT2D eigenvalue weighted by atomic mass is 9.96. The molecule has 0 aromatic heterocycles. The van der Waals surface area contributed by atoms with Gasteiger partial charge >= 0.3 is 0 Å². The molecule has 0 radical (unpaired) electrons. The Hall–Kier alpha value is -1.02. The zero-order valence-electron chi connectivity index (χ0n) is 11.7. The van der Waals surface area contributed by atoms with Crippen molar-refractivity contribution >= 4 is 23.2 Å². The van der Waals surface area contributed by atoms with Crippen molar-refractivity contribution in [2.75, 3.05) is 0 Å². The summed E-state index contributed by atoms with van der Waals surface area (Å²) in [5.41, 5.74) is 9.69. The summed E-state index contributed by atoms with van der Waals surface area (Å²) >= 11 is 12.2. The van der Waals surface area contributed by atoms with Crippen LogP contribution in [0.1, 0.15) is 42.5 Å². The summed E-state index contributed by atoms with van der Waals surface area (Å²) in [5, 5.41) is 1.33. The molecule has 2 rings (SSSR count). The molecule has 0 fully saturated rings. The van der Waals surface area contributed by atoms with Gasteiger partial charge in [-0.15, -0.1) is 0 Å². The molecular formula is C17H19Cl2N. The van der Waals surface area contributed by atoms with Crippen molar-refractivity contribution in [1.82, 2.24) is 0 Å². The van der Waals surface area contributed by atoms with Crippen LogP contribution in [0.3, 0.4) is 0 Å². The third kappa shape index (κ3) is 3.76. The molecule has 0 aliphatic heterocycles. The minimum atomic E-state index is -0.147. The van der Waals surface area contributed by atoms with Gasteiger partial charge in [-0.3, -0.25) is 0 Å². The van der Waals surface area contributed by atoms with Crippen molar-refractivity contribution < 1.29 is 0 Å². The minimum absolute atomic E-state index is 0.147. The van der Waals surface area contributed by atoms with Crippen LogP contribution < -0.4 is 5.73 Å². The first kappa shape index (κ1) is 15.4. The standard InChI is InChI=1S/C17H19Cl2N/c1-11(2)13-5-3-12(4-6-13)9-17(20)15-10-14(18)7-8-16(15)19/h3-8,10-11,17H,9,20H2,1-2H3. The van der Waals surface area contributed by atoms with Crippen LogP contribution >= 0.6 is 23.2 Å². The average molecular weight is 308 g/mol. The van der Waals surface area contributed by atoms with E-state index in [4.69, 9.17) is 28.9 Å². The SMILES string of the molecule is CC(C)c1ccc(CC(N)c2cc(Cl)ccc2Cl)cc1. The van der Waals surface area contributed by atoms with Crippen molar-refractivity contribution in [2.45, 2.75) is 32.2 Å². The van der Waals surface area contributed by atoms with Gasteiger partial charge in [-0.2, -0.15) is 0 Å². The molecule has 106 valence electrons. The quantitative estimate of drug-likeness (QED) is 0.808. The predicted octanol–water partition coefficient (Wildman–Crippen LogP) is 5.36. The summed E-state index contributed by atoms with van der Waals surface area (Å²) in [6, 6.07) is 13.8. The highest BCUT2D eigenvalue weighted by molar-refractivity contribution is 6.33. The van der Waals surface area contributed by atoms with Crippen molar-refractivity contribution in [2.24, 2.45) is 5.73 Å². The predicted molar refractivity (Wildman–Crippen MR) is 87.6 cm³/mol. The number of benzene rings is 2. The zero-order valence-corrected chi connectivity index (χ0v) is 13.2. The second-order valence-corrected chi connectivity index (χ2v) is 6.22. The summed E-state index contributed by atoms with van der Waals surface area (Å²) in [6.45, 7) is 4.37. The lowest BCUT2D eigenvalue weighted by Gasteiger charge is -2.15. The van der Waals surface area contributed by atoms with Gasteiger partial charge in [0.15, 0.2) is 0 Å². The van der Waals surface area contributed by atoms with E-state index in [9.17, 15) is 0 Å². The Labute approximate surface area is 130 Å². The summed E-state index contributed by atoms with van der Waals surface area (Å²) in [5.74, 6) is 0.542. The molecule has 2 aromatic carbocycles. The molecule has 0 amide bonds. The van der Waals surface area contributed by atoms with E-state index in [1.807, 2.05) is 6.07 Å². The van der Waals surface area contributed by atoms with Crippen LogP contribution in [0.2, 0.25) is 10.0 Å². The molecule has 0 spiro atoms. The second kappa shape index (κ2) is 6.62. The Kier molecular flexibility index (Phi) is 5.09. The molecule has 20 heavy (non-hydrogen) atoms. The third-order valence-electron chi connectivity index (χ3n) is 3.46. The van der Waals surface area contributed by atoms with Crippen LogP contribution in [-0.4, -0.2) is 0 Å². The van der Waals surface area contributed by atoms with Gasteiger partial charge in [0.25, 0.3) is 0 Å². The molecule has 0 saturated heterocycles. The maximum atomic E-state index is 6.25. The topological polar surface area (TPSA) is 26.0 Å². The van der Waals surface area contributed by atoms with E-state index in [0.717, 1.165) is 12.0 Å². The summed E-state index contributed by atoms with van der Waals surface area (Å²) in [6.07, 6.45) is 0.748. The molecular weight excluding hydrogens is 289 g/mol. The van der Waals surface area contributed by atoms with E-state index in [0.29, 0.717) is 16.0 Å². The fourth-order valence-corrected chi connectivity index (χ4v) is 2.64. The molecule has 1 unspecified atom stereocenters. The minimum Gasteiger partial charge on any atom is -0.324 e. The Morgan fingerprint density at radius 3 is 2.25 bits per heavy atom. The van der Waals surface area contributed by atoms with Crippen LogP contribution in [0.4, 0.5) is 0 Å². The smallest absolute Gasteiger partial charge is 0.0454 e. The number of nitrogens with two attached hydrogens (primary N) is 1. The molecule has 0 aliphatic carbocycles. The lowest BCUT2D eigenvalue weighted by molar-refractivity contribution is 0.721. The molecule has 0 saturated carbocycles. The van der Waals surface area contributed by atoms with Crippen molar-refractivity contribution in [3.63, 3.8) is 0 Å². The number of hydrogen-bond acceptors (Lipinski definition) is 1. The normalized spacial score (nSPS) is 12.7. The van der Waals surface area contributed by atoms with Gasteiger partial charge in [0.1, 0.15) is 0 Å². The summed E-state index contributed by atoms with van der Waals surface area (Å²) in [4.78, 5) is 0. The monoisotopic (exact) mass is 307 g/mol. The van der Waals surface area contributed by atoms with Crippen LogP contribution in [-0.2, 0) is 6.42 Å². The van der Waals surface area contributed by atoms with Crippen molar-refractivity contribution in [3.8, 4) is 0 Å². The first-order chi connectivity index (χ1) is 9.47. The maximum absolute atomic E-state index is 6.25. The van der Waals surface area contributed by atoms with Crippen LogP contribution in [0.5, 0.6) is 0 Å². The molecule has 3 heteroatoms. The van der Waals surface area contributed by atoms with Gasteiger partial charge in [-0.25, -0.2) is 0 Å². The second-order valence-electron chi connectivity index (χ2n) is 5.37. The largest absolute Gasteiger partial charge is 0.324 e. The molecule has 2 N–H and O–H groups in total. The fraction of sp³-hybridized carbons (Fsp3) is 0.294. The van der Waals surface area contributed by atoms with Gasteiger partial charge in [0.2, 0.25) is 0 Å². The van der Waals surface area contributed by atoms with E-state index >= 15 is 0 Å². The number of hydrogen-bond donors (Lipinski definition) is 1. The van der Waals surface area contributed by atoms with E-state index in [2.05, 4.69) is 38.1 Å². The molecule has 1 nitrogen and oxygen atoms in total. The molecule has 2 aromatic rings. The van der Waals surface area contributed by atoms with Gasteiger partial charge in [-0.1, -0.05) is 61.3 Å². The van der Waals surface area contributed by atoms with Crippen LogP contribution in [0.15, 0.2) is 42.5 Å². The van der Waals surface area contributed by atoms with E-state index in [-0.39, 0.29) is 6.04 Å². The van der Waals surface area contributed by atoms with E-state index < -0.39 is 0 Å². The van der Waals surface area contributed by atoms with Gasteiger partial charge in [-0.05, 0) is 47.2 Å².